The van der Waals surface area contributed by atoms with E-state index in [1.165, 1.54) is 24.0 Å². The number of alkyl halides is 3. The SMILES string of the molecule is C[C@H](NC(=O)c1ccnn1C)C(F)(F)F. The summed E-state index contributed by atoms with van der Waals surface area (Å²) in [7, 11) is 1.48. The number of amides is 1. The molecule has 15 heavy (non-hydrogen) atoms. The Morgan fingerprint density at radius 3 is 2.60 bits per heavy atom. The van der Waals surface area contributed by atoms with Gasteiger partial charge in [-0.2, -0.15) is 18.3 Å². The van der Waals surface area contributed by atoms with Crippen LogP contribution in [0.5, 0.6) is 0 Å². The molecule has 4 nitrogen and oxygen atoms in total. The van der Waals surface area contributed by atoms with Gasteiger partial charge in [-0.15, -0.1) is 0 Å². The summed E-state index contributed by atoms with van der Waals surface area (Å²) in [6.45, 7) is 0.883. The van der Waals surface area contributed by atoms with E-state index in [0.717, 1.165) is 6.92 Å². The van der Waals surface area contributed by atoms with Crippen LogP contribution >= 0.6 is 0 Å². The molecule has 84 valence electrons. The van der Waals surface area contributed by atoms with Crippen LogP contribution in [0.15, 0.2) is 12.3 Å². The zero-order valence-corrected chi connectivity index (χ0v) is 8.17. The molecule has 0 bridgehead atoms. The van der Waals surface area contributed by atoms with Crippen LogP contribution < -0.4 is 5.32 Å². The Hall–Kier alpha value is -1.53. The number of aromatic nitrogens is 2. The summed E-state index contributed by atoms with van der Waals surface area (Å²) < 4.78 is 37.6. The van der Waals surface area contributed by atoms with Gasteiger partial charge in [-0.3, -0.25) is 9.48 Å². The molecule has 0 aliphatic rings. The van der Waals surface area contributed by atoms with E-state index in [9.17, 15) is 18.0 Å². The quantitative estimate of drug-likeness (QED) is 0.812. The molecule has 1 aromatic heterocycles. The van der Waals surface area contributed by atoms with E-state index in [0.29, 0.717) is 0 Å². The highest BCUT2D eigenvalue weighted by atomic mass is 19.4. The van der Waals surface area contributed by atoms with E-state index in [1.54, 1.807) is 0 Å². The van der Waals surface area contributed by atoms with Crippen molar-refractivity contribution in [1.29, 1.82) is 0 Å². The second-order valence-electron chi connectivity index (χ2n) is 3.08. The lowest BCUT2D eigenvalue weighted by Gasteiger charge is -2.16. The average Bonchev–Trinajstić information content (AvgIpc) is 2.49. The van der Waals surface area contributed by atoms with E-state index in [4.69, 9.17) is 0 Å². The maximum atomic E-state index is 12.1. The topological polar surface area (TPSA) is 46.9 Å². The monoisotopic (exact) mass is 221 g/mol. The molecule has 1 amide bonds. The molecule has 0 aliphatic heterocycles. The first-order valence-electron chi connectivity index (χ1n) is 4.18. The van der Waals surface area contributed by atoms with Gasteiger partial charge in [0.1, 0.15) is 11.7 Å². The normalized spacial score (nSPS) is 13.7. The van der Waals surface area contributed by atoms with Gasteiger partial charge in [-0.1, -0.05) is 0 Å². The standard InChI is InChI=1S/C8H10F3N3O/c1-5(8(9,10)11)13-7(15)6-3-4-12-14(6)2/h3-5H,1-2H3,(H,13,15)/t5-/m0/s1. The van der Waals surface area contributed by atoms with Gasteiger partial charge in [0.25, 0.3) is 5.91 Å². The summed E-state index contributed by atoms with van der Waals surface area (Å²) >= 11 is 0. The molecule has 1 rings (SSSR count). The fourth-order valence-corrected chi connectivity index (χ4v) is 0.949. The molecule has 0 saturated carbocycles. The lowest BCUT2D eigenvalue weighted by molar-refractivity contribution is -0.149. The van der Waals surface area contributed by atoms with Gasteiger partial charge in [0, 0.05) is 13.2 Å². The average molecular weight is 221 g/mol. The highest BCUT2D eigenvalue weighted by Crippen LogP contribution is 2.19. The first-order chi connectivity index (χ1) is 6.82. The van der Waals surface area contributed by atoms with Gasteiger partial charge in [0.2, 0.25) is 0 Å². The third kappa shape index (κ3) is 2.71. The fraction of sp³-hybridized carbons (Fsp3) is 0.500. The maximum absolute atomic E-state index is 12.1. The number of rotatable bonds is 2. The van der Waals surface area contributed by atoms with Gasteiger partial charge >= 0.3 is 6.18 Å². The Morgan fingerprint density at radius 2 is 2.20 bits per heavy atom. The van der Waals surface area contributed by atoms with Gasteiger partial charge in [-0.05, 0) is 13.0 Å². The van der Waals surface area contributed by atoms with Crippen LogP contribution in [0.2, 0.25) is 0 Å². The predicted molar refractivity (Wildman–Crippen MR) is 46.2 cm³/mol. The third-order valence-corrected chi connectivity index (χ3v) is 1.89. The minimum atomic E-state index is -4.44. The zero-order chi connectivity index (χ0) is 11.6. The Kier molecular flexibility index (Phi) is 3.01. The summed E-state index contributed by atoms with van der Waals surface area (Å²) in [6.07, 6.45) is -3.10. The van der Waals surface area contributed by atoms with Gasteiger partial charge in [0.15, 0.2) is 0 Å². The van der Waals surface area contributed by atoms with E-state index >= 15 is 0 Å². The number of carbonyl (C=O) groups excluding carboxylic acids is 1. The Labute approximate surface area is 84.1 Å². The van der Waals surface area contributed by atoms with Crippen LogP contribution in [-0.2, 0) is 7.05 Å². The summed E-state index contributed by atoms with van der Waals surface area (Å²) in [5.41, 5.74) is 0.0890. The summed E-state index contributed by atoms with van der Waals surface area (Å²) in [6, 6.07) is -0.529. The second-order valence-corrected chi connectivity index (χ2v) is 3.08. The highest BCUT2D eigenvalue weighted by molar-refractivity contribution is 5.92. The predicted octanol–water partition coefficient (Wildman–Crippen LogP) is 1.10. The molecule has 1 aromatic rings. The first-order valence-corrected chi connectivity index (χ1v) is 4.18. The van der Waals surface area contributed by atoms with Crippen LogP contribution in [0.4, 0.5) is 13.2 Å². The molecule has 0 aliphatic carbocycles. The Balaban J connectivity index is 2.69. The molecule has 1 heterocycles. The van der Waals surface area contributed by atoms with Crippen molar-refractivity contribution in [2.24, 2.45) is 7.05 Å². The van der Waals surface area contributed by atoms with Crippen molar-refractivity contribution >= 4 is 5.91 Å². The van der Waals surface area contributed by atoms with Crippen molar-refractivity contribution in [3.63, 3.8) is 0 Å². The van der Waals surface area contributed by atoms with Crippen molar-refractivity contribution in [1.82, 2.24) is 15.1 Å². The molecule has 0 aromatic carbocycles. The van der Waals surface area contributed by atoms with E-state index < -0.39 is 18.1 Å². The van der Waals surface area contributed by atoms with Crippen molar-refractivity contribution in [2.45, 2.75) is 19.1 Å². The molecule has 0 fully saturated rings. The minimum absolute atomic E-state index is 0.0890. The zero-order valence-electron chi connectivity index (χ0n) is 8.17. The van der Waals surface area contributed by atoms with E-state index in [1.807, 2.05) is 5.32 Å². The molecule has 0 saturated heterocycles. The largest absolute Gasteiger partial charge is 0.408 e. The van der Waals surface area contributed by atoms with Gasteiger partial charge in [0.05, 0.1) is 0 Å². The smallest absolute Gasteiger partial charge is 0.339 e. The maximum Gasteiger partial charge on any atom is 0.408 e. The fourth-order valence-electron chi connectivity index (χ4n) is 0.949. The summed E-state index contributed by atoms with van der Waals surface area (Å²) in [5, 5.41) is 5.52. The first kappa shape index (κ1) is 11.5. The molecule has 0 radical (unpaired) electrons. The lowest BCUT2D eigenvalue weighted by atomic mass is 10.3. The van der Waals surface area contributed by atoms with Crippen molar-refractivity contribution in [3.05, 3.63) is 18.0 Å². The number of carbonyl (C=O) groups is 1. The number of halogens is 3. The molecular formula is C8H10F3N3O. The molecule has 1 atom stereocenters. The molecule has 0 spiro atoms. The number of hydrogen-bond donors (Lipinski definition) is 1. The third-order valence-electron chi connectivity index (χ3n) is 1.89. The van der Waals surface area contributed by atoms with Gasteiger partial charge in [-0.25, -0.2) is 0 Å². The lowest BCUT2D eigenvalue weighted by Crippen LogP contribution is -2.43. The van der Waals surface area contributed by atoms with Crippen LogP contribution in [-0.4, -0.2) is 27.9 Å². The number of aryl methyl sites for hydroxylation is 1. The second kappa shape index (κ2) is 3.92. The highest BCUT2D eigenvalue weighted by Gasteiger charge is 2.37. The Bertz CT molecular complexity index is 358. The van der Waals surface area contributed by atoms with E-state index in [-0.39, 0.29) is 5.69 Å². The van der Waals surface area contributed by atoms with Crippen LogP contribution in [0, 0.1) is 0 Å². The Morgan fingerprint density at radius 1 is 1.60 bits per heavy atom. The van der Waals surface area contributed by atoms with Gasteiger partial charge < -0.3 is 5.32 Å². The van der Waals surface area contributed by atoms with Crippen molar-refractivity contribution in [3.8, 4) is 0 Å². The van der Waals surface area contributed by atoms with Crippen molar-refractivity contribution < 1.29 is 18.0 Å². The molecular weight excluding hydrogens is 211 g/mol. The number of hydrogen-bond acceptors (Lipinski definition) is 2. The molecule has 0 unspecified atom stereocenters. The summed E-state index contributed by atoms with van der Waals surface area (Å²) in [5.74, 6) is -0.792. The minimum Gasteiger partial charge on any atom is -0.339 e. The number of nitrogens with zero attached hydrogens (tertiary/aromatic N) is 2. The molecule has 7 heteroatoms. The van der Waals surface area contributed by atoms with Crippen LogP contribution in [0.25, 0.3) is 0 Å². The summed E-state index contributed by atoms with van der Waals surface area (Å²) in [4.78, 5) is 11.3. The van der Waals surface area contributed by atoms with E-state index in [2.05, 4.69) is 5.10 Å². The number of nitrogens with one attached hydrogen (secondary N) is 1. The van der Waals surface area contributed by atoms with Crippen LogP contribution in [0.1, 0.15) is 17.4 Å². The van der Waals surface area contributed by atoms with Crippen molar-refractivity contribution in [2.75, 3.05) is 0 Å². The molecule has 1 N–H and O–H groups in total. The van der Waals surface area contributed by atoms with Crippen LogP contribution in [0.3, 0.4) is 0 Å².